The van der Waals surface area contributed by atoms with Gasteiger partial charge in [0, 0.05) is 0 Å². The topological polar surface area (TPSA) is 0 Å². The Bertz CT molecular complexity index is 214. The van der Waals surface area contributed by atoms with Crippen LogP contribution >= 0.6 is 0 Å². The number of hydrogen-bond donors (Lipinski definition) is 0. The van der Waals surface area contributed by atoms with E-state index >= 15 is 0 Å². The predicted molar refractivity (Wildman–Crippen MR) is 73.6 cm³/mol. The fraction of sp³-hybridized carbons (Fsp3) is 0.875. The zero-order valence-electron chi connectivity index (χ0n) is 11.8. The minimum atomic E-state index is 0.922. The molecule has 16 heavy (non-hydrogen) atoms. The van der Waals surface area contributed by atoms with Gasteiger partial charge in [0.25, 0.3) is 0 Å². The van der Waals surface area contributed by atoms with Gasteiger partial charge in [0.15, 0.2) is 0 Å². The normalized spacial score (nSPS) is 29.1. The predicted octanol–water partition coefficient (Wildman–Crippen LogP) is 5.59. The average molecular weight is 222 g/mol. The van der Waals surface area contributed by atoms with Gasteiger partial charge in [0.1, 0.15) is 0 Å². The van der Waals surface area contributed by atoms with Crippen LogP contribution in [0.5, 0.6) is 0 Å². The summed E-state index contributed by atoms with van der Waals surface area (Å²) < 4.78 is 0. The minimum Gasteiger partial charge on any atom is -0.0850 e. The van der Waals surface area contributed by atoms with Crippen molar-refractivity contribution in [3.05, 3.63) is 11.6 Å². The molecule has 0 aliphatic heterocycles. The maximum atomic E-state index is 2.56. The van der Waals surface area contributed by atoms with Gasteiger partial charge in [-0.25, -0.2) is 0 Å². The van der Waals surface area contributed by atoms with Crippen LogP contribution in [0, 0.1) is 17.8 Å². The van der Waals surface area contributed by atoms with Gasteiger partial charge in [-0.1, -0.05) is 58.6 Å². The van der Waals surface area contributed by atoms with Crippen LogP contribution in [0.4, 0.5) is 0 Å². The molecule has 1 aliphatic carbocycles. The quantitative estimate of drug-likeness (QED) is 0.493. The first kappa shape index (κ1) is 13.8. The molecular formula is C16H30. The van der Waals surface area contributed by atoms with Crippen LogP contribution in [-0.2, 0) is 0 Å². The summed E-state index contributed by atoms with van der Waals surface area (Å²) in [6.07, 6.45) is 12.2. The van der Waals surface area contributed by atoms with Gasteiger partial charge in [-0.05, 0) is 43.4 Å². The van der Waals surface area contributed by atoms with Crippen molar-refractivity contribution in [2.75, 3.05) is 0 Å². The molecule has 3 atom stereocenters. The van der Waals surface area contributed by atoms with E-state index < -0.39 is 0 Å². The summed E-state index contributed by atoms with van der Waals surface area (Å²) in [6, 6.07) is 0. The molecule has 1 rings (SSSR count). The van der Waals surface area contributed by atoms with Crippen LogP contribution in [0.15, 0.2) is 11.6 Å². The van der Waals surface area contributed by atoms with E-state index in [0.717, 1.165) is 17.8 Å². The first-order valence-electron chi connectivity index (χ1n) is 7.41. The maximum absolute atomic E-state index is 2.56. The van der Waals surface area contributed by atoms with Crippen molar-refractivity contribution in [3.8, 4) is 0 Å². The van der Waals surface area contributed by atoms with Crippen LogP contribution < -0.4 is 0 Å². The molecule has 1 aliphatic rings. The highest BCUT2D eigenvalue weighted by atomic mass is 14.3. The highest BCUT2D eigenvalue weighted by molar-refractivity contribution is 5.17. The number of allylic oxidation sites excluding steroid dienone is 2. The van der Waals surface area contributed by atoms with Gasteiger partial charge in [-0.2, -0.15) is 0 Å². The molecule has 1 saturated carbocycles. The lowest BCUT2D eigenvalue weighted by molar-refractivity contribution is 0.290. The molecular weight excluding hydrogens is 192 g/mol. The average Bonchev–Trinajstić information content (AvgIpc) is 2.26. The molecule has 94 valence electrons. The fourth-order valence-electron chi connectivity index (χ4n) is 3.23. The SMILES string of the molecule is CCCC(CC)CCC=C1CC(C)C1CC. The van der Waals surface area contributed by atoms with Crippen LogP contribution in [0.3, 0.4) is 0 Å². The van der Waals surface area contributed by atoms with Crippen LogP contribution in [-0.4, -0.2) is 0 Å². The second-order valence-corrected chi connectivity index (χ2v) is 5.62. The van der Waals surface area contributed by atoms with Gasteiger partial charge < -0.3 is 0 Å². The lowest BCUT2D eigenvalue weighted by Gasteiger charge is -2.37. The van der Waals surface area contributed by atoms with Gasteiger partial charge in [0.2, 0.25) is 0 Å². The first-order valence-corrected chi connectivity index (χ1v) is 7.41. The van der Waals surface area contributed by atoms with E-state index in [-0.39, 0.29) is 0 Å². The molecule has 3 unspecified atom stereocenters. The molecule has 0 saturated heterocycles. The Labute approximate surface area is 103 Å². The third-order valence-electron chi connectivity index (χ3n) is 4.42. The Morgan fingerprint density at radius 3 is 2.50 bits per heavy atom. The molecule has 0 radical (unpaired) electrons. The number of hydrogen-bond acceptors (Lipinski definition) is 0. The second-order valence-electron chi connectivity index (χ2n) is 5.62. The molecule has 0 bridgehead atoms. The third kappa shape index (κ3) is 3.64. The van der Waals surface area contributed by atoms with E-state index in [4.69, 9.17) is 0 Å². The second kappa shape index (κ2) is 7.14. The fourth-order valence-corrected chi connectivity index (χ4v) is 3.23. The summed E-state index contributed by atoms with van der Waals surface area (Å²) in [6.45, 7) is 9.38. The van der Waals surface area contributed by atoms with Crippen LogP contribution in [0.1, 0.15) is 72.6 Å². The molecule has 0 aromatic carbocycles. The Kier molecular flexibility index (Phi) is 6.16. The molecule has 0 aromatic rings. The smallest absolute Gasteiger partial charge is 0.0177 e. The van der Waals surface area contributed by atoms with E-state index in [0.29, 0.717) is 0 Å². The largest absolute Gasteiger partial charge is 0.0850 e. The zero-order chi connectivity index (χ0) is 12.0. The number of rotatable bonds is 7. The molecule has 0 N–H and O–H groups in total. The molecule has 0 spiro atoms. The summed E-state index contributed by atoms with van der Waals surface area (Å²) in [5.74, 6) is 2.85. The van der Waals surface area contributed by atoms with Crippen molar-refractivity contribution in [2.45, 2.75) is 72.6 Å². The monoisotopic (exact) mass is 222 g/mol. The highest BCUT2D eigenvalue weighted by Gasteiger charge is 2.29. The van der Waals surface area contributed by atoms with Crippen molar-refractivity contribution in [3.63, 3.8) is 0 Å². The summed E-state index contributed by atoms with van der Waals surface area (Å²) >= 11 is 0. The van der Waals surface area contributed by atoms with Crippen molar-refractivity contribution in [1.29, 1.82) is 0 Å². The lowest BCUT2D eigenvalue weighted by atomic mass is 9.68. The summed E-state index contributed by atoms with van der Waals surface area (Å²) in [5, 5.41) is 0. The van der Waals surface area contributed by atoms with Crippen molar-refractivity contribution < 1.29 is 0 Å². The van der Waals surface area contributed by atoms with Gasteiger partial charge >= 0.3 is 0 Å². The van der Waals surface area contributed by atoms with Gasteiger partial charge in [0.05, 0.1) is 0 Å². The Hall–Kier alpha value is -0.260. The van der Waals surface area contributed by atoms with Crippen molar-refractivity contribution in [1.82, 2.24) is 0 Å². The molecule has 1 fully saturated rings. The molecule has 0 aromatic heterocycles. The highest BCUT2D eigenvalue weighted by Crippen LogP contribution is 2.42. The van der Waals surface area contributed by atoms with Crippen molar-refractivity contribution >= 4 is 0 Å². The van der Waals surface area contributed by atoms with E-state index in [1.807, 2.05) is 0 Å². The lowest BCUT2D eigenvalue weighted by Crippen LogP contribution is -2.25. The Balaban J connectivity index is 2.26. The van der Waals surface area contributed by atoms with Crippen LogP contribution in [0.25, 0.3) is 0 Å². The molecule has 0 nitrogen and oxygen atoms in total. The zero-order valence-corrected chi connectivity index (χ0v) is 11.8. The van der Waals surface area contributed by atoms with E-state index in [9.17, 15) is 0 Å². The standard InChI is InChI=1S/C16H30/c1-5-9-14(6-2)10-8-11-15-12-13(4)16(15)7-3/h11,13-14,16H,5-10,12H2,1-4H3. The van der Waals surface area contributed by atoms with Gasteiger partial charge in [-0.3, -0.25) is 0 Å². The van der Waals surface area contributed by atoms with E-state index in [1.54, 1.807) is 5.57 Å². The third-order valence-corrected chi connectivity index (χ3v) is 4.42. The molecule has 0 heteroatoms. The first-order chi connectivity index (χ1) is 7.72. The maximum Gasteiger partial charge on any atom is -0.0177 e. The Morgan fingerprint density at radius 1 is 1.25 bits per heavy atom. The van der Waals surface area contributed by atoms with E-state index in [2.05, 4.69) is 33.8 Å². The summed E-state index contributed by atoms with van der Waals surface area (Å²) in [4.78, 5) is 0. The molecule has 0 heterocycles. The van der Waals surface area contributed by atoms with E-state index in [1.165, 1.54) is 44.9 Å². The molecule has 0 amide bonds. The van der Waals surface area contributed by atoms with Gasteiger partial charge in [-0.15, -0.1) is 0 Å². The Morgan fingerprint density at radius 2 is 2.00 bits per heavy atom. The van der Waals surface area contributed by atoms with Crippen LogP contribution in [0.2, 0.25) is 0 Å². The van der Waals surface area contributed by atoms with Crippen molar-refractivity contribution in [2.24, 2.45) is 17.8 Å². The minimum absolute atomic E-state index is 0.922. The summed E-state index contributed by atoms with van der Waals surface area (Å²) in [5.41, 5.74) is 1.77. The summed E-state index contributed by atoms with van der Waals surface area (Å²) in [7, 11) is 0.